The van der Waals surface area contributed by atoms with E-state index in [0.717, 1.165) is 10.0 Å². The normalized spacial score (nSPS) is 13.8. The highest BCUT2D eigenvalue weighted by Gasteiger charge is 2.22. The molecule has 1 amide bonds. The summed E-state index contributed by atoms with van der Waals surface area (Å²) in [6.45, 7) is 3.52. The molecule has 2 aromatic rings. The lowest BCUT2D eigenvalue weighted by Gasteiger charge is -2.21. The lowest BCUT2D eigenvalue weighted by molar-refractivity contribution is -0.123. The third-order valence-electron chi connectivity index (χ3n) is 3.95. The maximum absolute atomic E-state index is 12.4. The summed E-state index contributed by atoms with van der Waals surface area (Å²) in [7, 11) is -3.61. The molecule has 0 aliphatic heterocycles. The molecular weight excluding hydrogens is 416 g/mol. The van der Waals surface area contributed by atoms with Crippen LogP contribution in [0.1, 0.15) is 37.4 Å². The van der Waals surface area contributed by atoms with E-state index in [9.17, 15) is 13.2 Å². The van der Waals surface area contributed by atoms with Gasteiger partial charge in [-0.15, -0.1) is 0 Å². The zero-order chi connectivity index (χ0) is 19.2. The third-order valence-corrected chi connectivity index (χ3v) is 5.90. The summed E-state index contributed by atoms with van der Waals surface area (Å²) in [5, 5.41) is 2.91. The Morgan fingerprint density at radius 1 is 1.08 bits per heavy atom. The molecule has 2 atom stereocenters. The maximum atomic E-state index is 12.4. The lowest BCUT2D eigenvalue weighted by atomic mass is 10.0. The van der Waals surface area contributed by atoms with E-state index in [1.54, 1.807) is 31.2 Å². The molecule has 0 aliphatic carbocycles. The van der Waals surface area contributed by atoms with Crippen LogP contribution in [0.5, 0.6) is 0 Å². The molecule has 0 saturated heterocycles. The molecule has 7 heteroatoms. The quantitative estimate of drug-likeness (QED) is 0.661. The zero-order valence-electron chi connectivity index (χ0n) is 14.8. The number of hydrogen-bond acceptors (Lipinski definition) is 3. The first-order valence-corrected chi connectivity index (χ1v) is 10.8. The number of nitrogens with one attached hydrogen (secondary N) is 2. The van der Waals surface area contributed by atoms with Crippen molar-refractivity contribution in [2.45, 2.75) is 38.1 Å². The van der Waals surface area contributed by atoms with Gasteiger partial charge in [0.2, 0.25) is 15.9 Å². The molecule has 0 saturated carbocycles. The van der Waals surface area contributed by atoms with Crippen molar-refractivity contribution in [3.05, 3.63) is 70.2 Å². The number of carbonyl (C=O) groups excluding carboxylic acids is 1. The van der Waals surface area contributed by atoms with Crippen molar-refractivity contribution in [2.75, 3.05) is 0 Å². The van der Waals surface area contributed by atoms with Crippen molar-refractivity contribution < 1.29 is 13.2 Å². The van der Waals surface area contributed by atoms with Gasteiger partial charge in [0.05, 0.1) is 17.8 Å². The van der Waals surface area contributed by atoms with E-state index >= 15 is 0 Å². The van der Waals surface area contributed by atoms with Crippen LogP contribution in [-0.4, -0.2) is 20.4 Å². The van der Waals surface area contributed by atoms with Gasteiger partial charge in [-0.05, 0) is 36.6 Å². The summed E-state index contributed by atoms with van der Waals surface area (Å²) in [5.74, 6) is -0.508. The molecule has 0 radical (unpaired) electrons. The van der Waals surface area contributed by atoms with Crippen LogP contribution in [0.4, 0.5) is 0 Å². The minimum absolute atomic E-state index is 0.157. The van der Waals surface area contributed by atoms with Gasteiger partial charge in [0.1, 0.15) is 0 Å². The highest BCUT2D eigenvalue weighted by atomic mass is 79.9. The molecule has 0 aliphatic rings. The van der Waals surface area contributed by atoms with E-state index in [2.05, 4.69) is 26.0 Å². The molecule has 26 heavy (non-hydrogen) atoms. The van der Waals surface area contributed by atoms with E-state index in [0.29, 0.717) is 12.0 Å². The molecule has 0 unspecified atom stereocenters. The average molecular weight is 439 g/mol. The van der Waals surface area contributed by atoms with E-state index in [1.165, 1.54) is 0 Å². The minimum atomic E-state index is -3.61. The highest BCUT2D eigenvalue weighted by Crippen LogP contribution is 2.19. The second-order valence-corrected chi connectivity index (χ2v) is 8.77. The van der Waals surface area contributed by atoms with Crippen LogP contribution >= 0.6 is 15.9 Å². The SMILES string of the molecule is CC[C@H](NC(=O)[C@H](C)NS(=O)(=O)Cc1ccccc1)c1ccc(Br)cc1. The topological polar surface area (TPSA) is 75.3 Å². The summed E-state index contributed by atoms with van der Waals surface area (Å²) in [6.07, 6.45) is 0.705. The van der Waals surface area contributed by atoms with E-state index < -0.39 is 16.1 Å². The largest absolute Gasteiger partial charge is 0.348 e. The van der Waals surface area contributed by atoms with Crippen molar-refractivity contribution >= 4 is 31.9 Å². The fourth-order valence-electron chi connectivity index (χ4n) is 2.57. The molecule has 5 nitrogen and oxygen atoms in total. The number of sulfonamides is 1. The fourth-order valence-corrected chi connectivity index (χ4v) is 4.20. The summed E-state index contributed by atoms with van der Waals surface area (Å²) in [5.41, 5.74) is 1.65. The van der Waals surface area contributed by atoms with Gasteiger partial charge in [-0.25, -0.2) is 13.1 Å². The molecule has 2 rings (SSSR count). The number of hydrogen-bond donors (Lipinski definition) is 2. The van der Waals surface area contributed by atoms with Gasteiger partial charge in [0.15, 0.2) is 0 Å². The zero-order valence-corrected chi connectivity index (χ0v) is 17.2. The number of benzene rings is 2. The number of amides is 1. The molecular formula is C19H23BrN2O3S. The van der Waals surface area contributed by atoms with Crippen LogP contribution in [0.15, 0.2) is 59.1 Å². The smallest absolute Gasteiger partial charge is 0.238 e. The first-order valence-electron chi connectivity index (χ1n) is 8.40. The first-order chi connectivity index (χ1) is 12.3. The predicted molar refractivity (Wildman–Crippen MR) is 107 cm³/mol. The molecule has 0 fully saturated rings. The van der Waals surface area contributed by atoms with Crippen molar-refractivity contribution in [3.8, 4) is 0 Å². The molecule has 0 heterocycles. The van der Waals surface area contributed by atoms with Crippen molar-refractivity contribution in [1.82, 2.24) is 10.0 Å². The Hall–Kier alpha value is -1.70. The number of rotatable bonds is 8. The summed E-state index contributed by atoms with van der Waals surface area (Å²) in [4.78, 5) is 12.4. The average Bonchev–Trinajstić information content (AvgIpc) is 2.60. The Morgan fingerprint density at radius 2 is 1.69 bits per heavy atom. The Morgan fingerprint density at radius 3 is 2.27 bits per heavy atom. The van der Waals surface area contributed by atoms with Gasteiger partial charge in [0, 0.05) is 4.47 Å². The molecule has 0 spiro atoms. The standard InChI is InChI=1S/C19H23BrN2O3S/c1-3-18(16-9-11-17(20)12-10-16)21-19(23)14(2)22-26(24,25)13-15-7-5-4-6-8-15/h4-12,14,18,22H,3,13H2,1-2H3,(H,21,23)/t14-,18-/m0/s1. The second-order valence-electron chi connectivity index (χ2n) is 6.11. The van der Waals surface area contributed by atoms with Crippen molar-refractivity contribution in [3.63, 3.8) is 0 Å². The Kier molecular flexibility index (Phi) is 7.37. The van der Waals surface area contributed by atoms with E-state index in [1.807, 2.05) is 37.3 Å². The molecule has 2 aromatic carbocycles. The van der Waals surface area contributed by atoms with Crippen LogP contribution in [0.2, 0.25) is 0 Å². The third kappa shape index (κ3) is 6.23. The Balaban J connectivity index is 1.98. The lowest BCUT2D eigenvalue weighted by Crippen LogP contribution is -2.46. The van der Waals surface area contributed by atoms with Crippen LogP contribution in [0.25, 0.3) is 0 Å². The molecule has 2 N–H and O–H groups in total. The molecule has 0 aromatic heterocycles. The Bertz CT molecular complexity index is 824. The molecule has 0 bridgehead atoms. The van der Waals surface area contributed by atoms with Gasteiger partial charge in [-0.2, -0.15) is 0 Å². The van der Waals surface area contributed by atoms with E-state index in [-0.39, 0.29) is 17.7 Å². The van der Waals surface area contributed by atoms with Gasteiger partial charge in [-0.3, -0.25) is 4.79 Å². The van der Waals surface area contributed by atoms with Crippen LogP contribution < -0.4 is 10.0 Å². The highest BCUT2D eigenvalue weighted by molar-refractivity contribution is 9.10. The second kappa shape index (κ2) is 9.30. The van der Waals surface area contributed by atoms with Crippen molar-refractivity contribution in [2.24, 2.45) is 0 Å². The molecule has 140 valence electrons. The number of carbonyl (C=O) groups is 1. The van der Waals surface area contributed by atoms with Gasteiger partial charge in [-0.1, -0.05) is 65.3 Å². The Labute approximate surface area is 163 Å². The summed E-state index contributed by atoms with van der Waals surface area (Å²) < 4.78 is 28.0. The van der Waals surface area contributed by atoms with Crippen LogP contribution in [0.3, 0.4) is 0 Å². The monoisotopic (exact) mass is 438 g/mol. The summed E-state index contributed by atoms with van der Waals surface area (Å²) >= 11 is 3.39. The van der Waals surface area contributed by atoms with E-state index in [4.69, 9.17) is 0 Å². The summed E-state index contributed by atoms with van der Waals surface area (Å²) in [6, 6.07) is 15.5. The van der Waals surface area contributed by atoms with Gasteiger partial charge in [0.25, 0.3) is 0 Å². The van der Waals surface area contributed by atoms with Crippen LogP contribution in [0, 0.1) is 0 Å². The van der Waals surface area contributed by atoms with Gasteiger partial charge < -0.3 is 5.32 Å². The first kappa shape index (κ1) is 20.6. The number of halogens is 1. The maximum Gasteiger partial charge on any atom is 0.238 e. The van der Waals surface area contributed by atoms with Crippen molar-refractivity contribution in [1.29, 1.82) is 0 Å². The predicted octanol–water partition coefficient (Wildman–Crippen LogP) is 3.52. The minimum Gasteiger partial charge on any atom is -0.348 e. The van der Waals surface area contributed by atoms with Crippen LogP contribution in [-0.2, 0) is 20.6 Å². The fraction of sp³-hybridized carbons (Fsp3) is 0.316. The van der Waals surface area contributed by atoms with Gasteiger partial charge >= 0.3 is 0 Å².